The Morgan fingerprint density at radius 2 is 1.98 bits per heavy atom. The van der Waals surface area contributed by atoms with Crippen LogP contribution in [0.5, 0.6) is 5.75 Å². The number of thiophene rings is 1. The Bertz CT molecular complexity index is 1660. The molecule has 220 valence electrons. The topological polar surface area (TPSA) is 117 Å². The van der Waals surface area contributed by atoms with Gasteiger partial charge in [-0.25, -0.2) is 4.79 Å². The highest BCUT2D eigenvalue weighted by Crippen LogP contribution is 2.65. The van der Waals surface area contributed by atoms with Gasteiger partial charge in [-0.15, -0.1) is 11.3 Å². The fraction of sp³-hybridized carbons (Fsp3) is 0.345. The van der Waals surface area contributed by atoms with E-state index in [2.05, 4.69) is 50.1 Å². The lowest BCUT2D eigenvalue weighted by molar-refractivity contribution is -0.192. The molecule has 7 rings (SSSR count). The highest BCUT2D eigenvalue weighted by molar-refractivity contribution is 7.10. The average molecular weight is 601 g/mol. The molecule has 3 aliphatic rings. The van der Waals surface area contributed by atoms with Crippen molar-refractivity contribution in [2.75, 3.05) is 38.7 Å². The fourth-order valence-electron chi connectivity index (χ4n) is 5.74. The predicted octanol–water partition coefficient (Wildman–Crippen LogP) is 5.14. The Balaban J connectivity index is 0.000000405. The number of morpholine rings is 1. The zero-order valence-electron chi connectivity index (χ0n) is 22.5. The molecule has 0 bridgehead atoms. The van der Waals surface area contributed by atoms with Gasteiger partial charge >= 0.3 is 12.1 Å². The normalized spacial score (nSPS) is 21.5. The van der Waals surface area contributed by atoms with Crippen LogP contribution in [0.2, 0.25) is 0 Å². The molecule has 1 amide bonds. The van der Waals surface area contributed by atoms with Crippen LogP contribution in [0.1, 0.15) is 28.3 Å². The van der Waals surface area contributed by atoms with Crippen molar-refractivity contribution in [1.82, 2.24) is 15.1 Å². The Labute approximate surface area is 242 Å². The number of aromatic nitrogens is 2. The number of alkyl halides is 3. The Morgan fingerprint density at radius 3 is 2.69 bits per heavy atom. The number of methoxy groups -OCH3 is 1. The first kappa shape index (κ1) is 28.2. The summed E-state index contributed by atoms with van der Waals surface area (Å²) < 4.78 is 42.6. The summed E-state index contributed by atoms with van der Waals surface area (Å²) >= 11 is 1.79. The summed E-state index contributed by atoms with van der Waals surface area (Å²) in [7, 11) is 1.66. The van der Waals surface area contributed by atoms with Gasteiger partial charge in [0.1, 0.15) is 11.4 Å². The maximum atomic E-state index is 13.0. The number of nitrogens with one attached hydrogen (secondary N) is 2. The number of carbonyl (C=O) groups excluding carboxylic acids is 1. The number of benzene rings is 2. The third kappa shape index (κ3) is 5.12. The van der Waals surface area contributed by atoms with Gasteiger partial charge in [-0.3, -0.25) is 14.8 Å². The van der Waals surface area contributed by atoms with Crippen LogP contribution in [0.25, 0.3) is 22.2 Å². The van der Waals surface area contributed by atoms with Crippen LogP contribution >= 0.6 is 11.3 Å². The van der Waals surface area contributed by atoms with Gasteiger partial charge in [-0.05, 0) is 47.9 Å². The molecule has 2 fully saturated rings. The molecule has 1 saturated heterocycles. The number of aromatic amines is 1. The first-order chi connectivity index (χ1) is 20.1. The van der Waals surface area contributed by atoms with E-state index in [1.165, 1.54) is 4.88 Å². The molecule has 4 heterocycles. The number of fused-ring (bicyclic) bond motifs is 3. The lowest BCUT2D eigenvalue weighted by atomic mass is 9.91. The molecule has 3 N–H and O–H groups in total. The number of H-pyrrole nitrogens is 1. The first-order valence-electron chi connectivity index (χ1n) is 13.3. The van der Waals surface area contributed by atoms with Crippen molar-refractivity contribution < 1.29 is 37.3 Å². The minimum Gasteiger partial charge on any atom is -0.497 e. The number of nitrogens with zero attached hydrogens (tertiary/aromatic N) is 2. The molecule has 1 aliphatic carbocycles. The molecule has 1 unspecified atom stereocenters. The van der Waals surface area contributed by atoms with Crippen molar-refractivity contribution in [3.63, 3.8) is 0 Å². The molecule has 0 radical (unpaired) electrons. The van der Waals surface area contributed by atoms with Gasteiger partial charge in [0.15, 0.2) is 0 Å². The first-order valence-corrected chi connectivity index (χ1v) is 14.1. The second-order valence-corrected chi connectivity index (χ2v) is 11.5. The summed E-state index contributed by atoms with van der Waals surface area (Å²) in [5, 5.41) is 21.4. The minimum absolute atomic E-state index is 0.0854. The van der Waals surface area contributed by atoms with E-state index in [0.717, 1.165) is 84.0 Å². The molecule has 13 heteroatoms. The SMILES string of the molecule is COc1ccc2c(c1)C1(C[C@H]1c1ccc3c(-c4csc(CN5CCOCC5)c4)n[nH]c3c1)C(=O)N2.O=C(O)C(F)(F)F. The van der Waals surface area contributed by atoms with Gasteiger partial charge in [0, 0.05) is 52.4 Å². The number of hydrogen-bond donors (Lipinski definition) is 3. The highest BCUT2D eigenvalue weighted by Gasteiger charge is 2.65. The summed E-state index contributed by atoms with van der Waals surface area (Å²) in [6.07, 6.45) is -4.28. The van der Waals surface area contributed by atoms with Crippen LogP contribution in [0, 0.1) is 0 Å². The second-order valence-electron chi connectivity index (χ2n) is 10.5. The van der Waals surface area contributed by atoms with Gasteiger partial charge in [-0.2, -0.15) is 18.3 Å². The Morgan fingerprint density at radius 1 is 1.21 bits per heavy atom. The fourth-order valence-corrected chi connectivity index (χ4v) is 6.65. The maximum absolute atomic E-state index is 13.0. The summed E-state index contributed by atoms with van der Waals surface area (Å²) in [6.45, 7) is 4.55. The van der Waals surface area contributed by atoms with Crippen LogP contribution in [0.15, 0.2) is 47.8 Å². The molecule has 2 aromatic heterocycles. The van der Waals surface area contributed by atoms with E-state index < -0.39 is 17.6 Å². The number of amides is 1. The molecular formula is C29H27F3N4O5S. The van der Waals surface area contributed by atoms with E-state index >= 15 is 0 Å². The average Bonchev–Trinajstić information content (AvgIpc) is 3.20. The molecule has 9 nitrogen and oxygen atoms in total. The number of rotatable bonds is 5. The molecular weight excluding hydrogens is 573 g/mol. The van der Waals surface area contributed by atoms with E-state index in [0.29, 0.717) is 0 Å². The van der Waals surface area contributed by atoms with Crippen LogP contribution in [-0.2, 0) is 26.3 Å². The largest absolute Gasteiger partial charge is 0.497 e. The van der Waals surface area contributed by atoms with Gasteiger partial charge in [0.05, 0.1) is 31.3 Å². The third-order valence-corrected chi connectivity index (χ3v) is 8.89. The summed E-state index contributed by atoms with van der Waals surface area (Å²) in [5.41, 5.74) is 5.74. The molecule has 42 heavy (non-hydrogen) atoms. The number of ether oxygens (including phenoxy) is 2. The predicted molar refractivity (Wildman–Crippen MR) is 150 cm³/mol. The number of carboxylic acids is 1. The summed E-state index contributed by atoms with van der Waals surface area (Å²) in [4.78, 5) is 25.7. The van der Waals surface area contributed by atoms with Gasteiger partial charge in [0.2, 0.25) is 5.91 Å². The number of hydrogen-bond acceptors (Lipinski definition) is 7. The Hall–Kier alpha value is -3.94. The van der Waals surface area contributed by atoms with E-state index in [1.54, 1.807) is 18.4 Å². The lowest BCUT2D eigenvalue weighted by Crippen LogP contribution is -2.35. The Kier molecular flexibility index (Phi) is 7.19. The van der Waals surface area contributed by atoms with E-state index in [-0.39, 0.29) is 11.8 Å². The zero-order chi connectivity index (χ0) is 29.6. The number of carbonyl (C=O) groups is 2. The smallest absolute Gasteiger partial charge is 0.490 e. The molecule has 2 atom stereocenters. The maximum Gasteiger partial charge on any atom is 0.490 e. The lowest BCUT2D eigenvalue weighted by Gasteiger charge is -2.25. The van der Waals surface area contributed by atoms with E-state index in [1.807, 2.05) is 18.2 Å². The molecule has 2 aliphatic heterocycles. The van der Waals surface area contributed by atoms with Gasteiger partial charge < -0.3 is 19.9 Å². The minimum atomic E-state index is -5.08. The summed E-state index contributed by atoms with van der Waals surface area (Å²) in [6, 6.07) is 14.6. The van der Waals surface area contributed by atoms with Gasteiger partial charge in [-0.1, -0.05) is 12.1 Å². The van der Waals surface area contributed by atoms with Crippen LogP contribution in [0.4, 0.5) is 18.9 Å². The number of carboxylic acid groups (broad SMARTS) is 1. The number of aliphatic carboxylic acids is 1. The van der Waals surface area contributed by atoms with Crippen molar-refractivity contribution in [2.45, 2.75) is 30.5 Å². The van der Waals surface area contributed by atoms with Crippen LogP contribution in [-0.4, -0.2) is 71.7 Å². The highest BCUT2D eigenvalue weighted by atomic mass is 32.1. The molecule has 1 spiro atoms. The van der Waals surface area contributed by atoms with E-state index in [4.69, 9.17) is 19.4 Å². The van der Waals surface area contributed by atoms with Crippen LogP contribution in [0.3, 0.4) is 0 Å². The third-order valence-electron chi connectivity index (χ3n) is 7.96. The van der Waals surface area contributed by atoms with Crippen molar-refractivity contribution in [1.29, 1.82) is 0 Å². The van der Waals surface area contributed by atoms with E-state index in [9.17, 15) is 18.0 Å². The van der Waals surface area contributed by atoms with Crippen molar-refractivity contribution in [2.24, 2.45) is 0 Å². The standard InChI is InChI=1S/C27H26N4O3S.C2HF3O2/c1-33-18-3-5-23-21(12-18)27(26(32)28-23)13-22(27)16-2-4-20-24(11-16)29-30-25(20)17-10-19(35-15-17)14-31-6-8-34-9-7-31;3-2(4,5)1(6)7/h2-5,10-12,15,22H,6-9,13-14H2,1H3,(H,28,32)(H,29,30);(H,6,7)/t22-,27?;/m0./s1. The van der Waals surface area contributed by atoms with Crippen molar-refractivity contribution in [3.8, 4) is 17.0 Å². The zero-order valence-corrected chi connectivity index (χ0v) is 23.3. The number of halogens is 3. The summed E-state index contributed by atoms with van der Waals surface area (Å²) in [5.74, 6) is -1.74. The second kappa shape index (κ2) is 10.7. The van der Waals surface area contributed by atoms with Crippen molar-refractivity contribution in [3.05, 3.63) is 63.8 Å². The monoisotopic (exact) mass is 600 g/mol. The van der Waals surface area contributed by atoms with Crippen molar-refractivity contribution >= 4 is 39.8 Å². The van der Waals surface area contributed by atoms with Crippen LogP contribution < -0.4 is 10.1 Å². The molecule has 1 saturated carbocycles. The quantitative estimate of drug-likeness (QED) is 0.290. The molecule has 2 aromatic carbocycles. The number of anilines is 1. The van der Waals surface area contributed by atoms with Gasteiger partial charge in [0.25, 0.3) is 0 Å². The molecule has 4 aromatic rings.